The molecule has 1 N–H and O–H groups in total. The van der Waals surface area contributed by atoms with E-state index in [-0.39, 0.29) is 18.2 Å². The third-order valence-electron chi connectivity index (χ3n) is 6.29. The zero-order valence-electron chi connectivity index (χ0n) is 16.2. The molecule has 154 valence electrons. The minimum Gasteiger partial charge on any atom is -0.481 e. The molecule has 0 radical (unpaired) electrons. The number of amides is 1. The van der Waals surface area contributed by atoms with E-state index in [1.807, 2.05) is 29.6 Å². The van der Waals surface area contributed by atoms with E-state index in [0.29, 0.717) is 22.6 Å². The molecule has 1 aromatic heterocycles. The van der Waals surface area contributed by atoms with Crippen LogP contribution in [0.5, 0.6) is 0 Å². The predicted molar refractivity (Wildman–Crippen MR) is 115 cm³/mol. The second kappa shape index (κ2) is 8.84. The van der Waals surface area contributed by atoms with Gasteiger partial charge in [0.1, 0.15) is 0 Å². The summed E-state index contributed by atoms with van der Waals surface area (Å²) >= 11 is 7.72. The second-order valence-electron chi connectivity index (χ2n) is 8.04. The molecular weight excluding hydrogens is 408 g/mol. The molecule has 0 bridgehead atoms. The molecule has 2 heterocycles. The first-order chi connectivity index (χ1) is 14.0. The van der Waals surface area contributed by atoms with Crippen LogP contribution < -0.4 is 4.90 Å². The second-order valence-corrected chi connectivity index (χ2v) is 9.28. The molecule has 4 rings (SSSR count). The number of benzene rings is 1. The van der Waals surface area contributed by atoms with E-state index in [4.69, 9.17) is 16.6 Å². The summed E-state index contributed by atoms with van der Waals surface area (Å²) in [5, 5.41) is 12.6. The minimum absolute atomic E-state index is 0.0796. The molecule has 1 aliphatic carbocycles. The topological polar surface area (TPSA) is 70.5 Å². The van der Waals surface area contributed by atoms with Crippen molar-refractivity contribution in [3.8, 4) is 11.3 Å². The van der Waals surface area contributed by atoms with Crippen molar-refractivity contribution in [2.45, 2.75) is 44.9 Å². The van der Waals surface area contributed by atoms with Crippen molar-refractivity contribution in [2.24, 2.45) is 17.8 Å². The maximum atomic E-state index is 13.5. The summed E-state index contributed by atoms with van der Waals surface area (Å²) < 4.78 is 0. The normalized spacial score (nSPS) is 23.3. The Bertz CT molecular complexity index is 896. The Balaban J connectivity index is 1.63. The Hall–Kier alpha value is -1.92. The van der Waals surface area contributed by atoms with Gasteiger partial charge in [0.05, 0.1) is 18.0 Å². The number of halogens is 1. The van der Waals surface area contributed by atoms with Gasteiger partial charge < -0.3 is 5.11 Å². The summed E-state index contributed by atoms with van der Waals surface area (Å²) in [6, 6.07) is 7.52. The quantitative estimate of drug-likeness (QED) is 0.678. The van der Waals surface area contributed by atoms with Gasteiger partial charge in [-0.25, -0.2) is 4.98 Å². The number of hydrogen-bond donors (Lipinski definition) is 1. The van der Waals surface area contributed by atoms with E-state index in [2.05, 4.69) is 0 Å². The Morgan fingerprint density at radius 1 is 1.21 bits per heavy atom. The van der Waals surface area contributed by atoms with Gasteiger partial charge in [-0.05, 0) is 30.7 Å². The summed E-state index contributed by atoms with van der Waals surface area (Å²) in [5.74, 6) is -0.796. The van der Waals surface area contributed by atoms with Crippen LogP contribution in [0.25, 0.3) is 11.3 Å². The summed E-state index contributed by atoms with van der Waals surface area (Å²) in [5.41, 5.74) is 1.58. The van der Waals surface area contributed by atoms with Gasteiger partial charge >= 0.3 is 5.97 Å². The largest absolute Gasteiger partial charge is 0.481 e. The maximum absolute atomic E-state index is 13.5. The molecule has 1 aliphatic heterocycles. The average Bonchev–Trinajstić information content (AvgIpc) is 3.12. The molecule has 1 aromatic carbocycles. The summed E-state index contributed by atoms with van der Waals surface area (Å²) in [6.45, 7) is 0.585. The highest BCUT2D eigenvalue weighted by Crippen LogP contribution is 2.43. The lowest BCUT2D eigenvalue weighted by Gasteiger charge is -2.40. The highest BCUT2D eigenvalue weighted by molar-refractivity contribution is 7.14. The molecule has 1 saturated heterocycles. The smallest absolute Gasteiger partial charge is 0.304 e. The monoisotopic (exact) mass is 432 g/mol. The number of aliphatic carboxylic acids is 1. The number of carbonyl (C=O) groups is 2. The van der Waals surface area contributed by atoms with Crippen LogP contribution in [0.2, 0.25) is 5.02 Å². The highest BCUT2D eigenvalue weighted by Gasteiger charge is 2.41. The lowest BCUT2D eigenvalue weighted by atomic mass is 9.67. The molecule has 7 heteroatoms. The van der Waals surface area contributed by atoms with Crippen LogP contribution >= 0.6 is 22.9 Å². The molecule has 2 atom stereocenters. The number of hydrogen-bond acceptors (Lipinski definition) is 4. The molecule has 0 spiro atoms. The van der Waals surface area contributed by atoms with Gasteiger partial charge in [-0.3, -0.25) is 14.5 Å². The number of carboxylic acid groups (broad SMARTS) is 1. The third-order valence-corrected chi connectivity index (χ3v) is 7.49. The lowest BCUT2D eigenvalue weighted by Crippen LogP contribution is -2.45. The number of thiazole rings is 1. The predicted octanol–water partition coefficient (Wildman–Crippen LogP) is 5.49. The van der Waals surface area contributed by atoms with Crippen LogP contribution in [0.3, 0.4) is 0 Å². The van der Waals surface area contributed by atoms with E-state index in [1.165, 1.54) is 17.8 Å². The van der Waals surface area contributed by atoms with Crippen molar-refractivity contribution < 1.29 is 14.7 Å². The SMILES string of the molecule is O=C(O)CC1C(=O)N(c2nc(-c3ccccc3Cl)cs2)CCCCC1C1CCC1. The van der Waals surface area contributed by atoms with Crippen molar-refractivity contribution in [1.29, 1.82) is 0 Å². The fraction of sp³-hybridized carbons (Fsp3) is 0.500. The lowest BCUT2D eigenvalue weighted by molar-refractivity contribution is -0.142. The Labute approximate surface area is 179 Å². The number of carbonyl (C=O) groups excluding carboxylic acids is 1. The molecule has 1 saturated carbocycles. The number of rotatable bonds is 5. The first kappa shape index (κ1) is 20.4. The van der Waals surface area contributed by atoms with Gasteiger partial charge in [0.25, 0.3) is 0 Å². The minimum atomic E-state index is -0.899. The zero-order valence-corrected chi connectivity index (χ0v) is 17.8. The van der Waals surface area contributed by atoms with Crippen LogP contribution in [-0.4, -0.2) is 28.5 Å². The van der Waals surface area contributed by atoms with Gasteiger partial charge in [0.2, 0.25) is 5.91 Å². The molecule has 2 aliphatic rings. The van der Waals surface area contributed by atoms with Crippen LogP contribution in [0.4, 0.5) is 5.13 Å². The van der Waals surface area contributed by atoms with Crippen molar-refractivity contribution in [2.75, 3.05) is 11.4 Å². The van der Waals surface area contributed by atoms with Gasteiger partial charge in [0.15, 0.2) is 5.13 Å². The molecule has 2 aromatic rings. The first-order valence-electron chi connectivity index (χ1n) is 10.3. The van der Waals surface area contributed by atoms with Crippen molar-refractivity contribution >= 4 is 39.9 Å². The third kappa shape index (κ3) is 4.33. The van der Waals surface area contributed by atoms with Crippen LogP contribution in [-0.2, 0) is 9.59 Å². The van der Waals surface area contributed by atoms with E-state index >= 15 is 0 Å². The summed E-state index contributed by atoms with van der Waals surface area (Å²) in [6.07, 6.45) is 6.19. The zero-order chi connectivity index (χ0) is 20.4. The van der Waals surface area contributed by atoms with E-state index in [1.54, 1.807) is 4.90 Å². The number of nitrogens with zero attached hydrogens (tertiary/aromatic N) is 2. The number of carboxylic acids is 1. The highest BCUT2D eigenvalue weighted by atomic mass is 35.5. The van der Waals surface area contributed by atoms with Crippen molar-refractivity contribution in [3.63, 3.8) is 0 Å². The molecule has 5 nitrogen and oxygen atoms in total. The molecule has 2 unspecified atom stereocenters. The first-order valence-corrected chi connectivity index (χ1v) is 11.5. The van der Waals surface area contributed by atoms with E-state index < -0.39 is 11.9 Å². The van der Waals surface area contributed by atoms with Crippen LogP contribution in [0, 0.1) is 17.8 Å². The standard InChI is InChI=1S/C22H25ClN2O3S/c23-18-10-2-1-9-16(18)19-13-29-22(24-19)25-11-4-3-8-15(14-6-5-7-14)17(21(25)28)12-20(26)27/h1-2,9-10,13-15,17H,3-8,11-12H2,(H,26,27). The Kier molecular flexibility index (Phi) is 6.20. The van der Waals surface area contributed by atoms with Gasteiger partial charge in [-0.2, -0.15) is 0 Å². The molecular formula is C22H25ClN2O3S. The fourth-order valence-electron chi connectivity index (χ4n) is 4.57. The summed E-state index contributed by atoms with van der Waals surface area (Å²) in [4.78, 5) is 31.5. The number of anilines is 1. The van der Waals surface area contributed by atoms with E-state index in [9.17, 15) is 14.7 Å². The number of aromatic nitrogens is 1. The van der Waals surface area contributed by atoms with E-state index in [0.717, 1.165) is 43.4 Å². The van der Waals surface area contributed by atoms with Gasteiger partial charge in [-0.15, -0.1) is 11.3 Å². The molecule has 1 amide bonds. The molecule has 29 heavy (non-hydrogen) atoms. The Morgan fingerprint density at radius 3 is 2.69 bits per heavy atom. The average molecular weight is 433 g/mol. The Morgan fingerprint density at radius 2 is 2.00 bits per heavy atom. The fourth-order valence-corrected chi connectivity index (χ4v) is 5.66. The van der Waals surface area contributed by atoms with Crippen LogP contribution in [0.15, 0.2) is 29.6 Å². The van der Waals surface area contributed by atoms with Gasteiger partial charge in [-0.1, -0.05) is 55.5 Å². The van der Waals surface area contributed by atoms with Crippen molar-refractivity contribution in [3.05, 3.63) is 34.7 Å². The van der Waals surface area contributed by atoms with Gasteiger partial charge in [0, 0.05) is 22.5 Å². The maximum Gasteiger partial charge on any atom is 0.304 e. The van der Waals surface area contributed by atoms with Crippen molar-refractivity contribution in [1.82, 2.24) is 4.98 Å². The molecule has 2 fully saturated rings. The summed E-state index contributed by atoms with van der Waals surface area (Å²) in [7, 11) is 0. The van der Waals surface area contributed by atoms with Crippen LogP contribution in [0.1, 0.15) is 44.9 Å².